The van der Waals surface area contributed by atoms with Crippen LogP contribution in [0.2, 0.25) is 0 Å². The van der Waals surface area contributed by atoms with Crippen molar-refractivity contribution in [2.24, 2.45) is 0 Å². The topological polar surface area (TPSA) is 68.1 Å². The minimum Gasteiger partial charge on any atom is -0.288 e. The zero-order chi connectivity index (χ0) is 22.3. The monoisotopic (exact) mass is 472 g/mol. The van der Waals surface area contributed by atoms with Crippen molar-refractivity contribution in [3.63, 3.8) is 0 Å². The van der Waals surface area contributed by atoms with Gasteiger partial charge >= 0.3 is 0 Å². The van der Waals surface area contributed by atoms with Crippen LogP contribution in [0.25, 0.3) is 20.4 Å². The van der Waals surface area contributed by atoms with Crippen LogP contribution in [0.3, 0.4) is 0 Å². The molecule has 1 aromatic carbocycles. The fourth-order valence-electron chi connectivity index (χ4n) is 3.44. The van der Waals surface area contributed by atoms with E-state index in [0.717, 1.165) is 25.5 Å². The minimum atomic E-state index is -0.0480. The number of carbonyl (C=O) groups excluding carboxylic acids is 1. The molecule has 162 valence electrons. The fraction of sp³-hybridized carbons (Fsp3) is 0.364. The smallest absolute Gasteiger partial charge is 0.263 e. The van der Waals surface area contributed by atoms with Gasteiger partial charge in [0, 0.05) is 17.5 Å². The maximum atomic E-state index is 13.2. The van der Waals surface area contributed by atoms with Gasteiger partial charge in [0.05, 0.1) is 21.4 Å². The van der Waals surface area contributed by atoms with E-state index in [-0.39, 0.29) is 23.3 Å². The molecule has 6 nitrogen and oxygen atoms in total. The number of anilines is 1. The van der Waals surface area contributed by atoms with Gasteiger partial charge in [-0.2, -0.15) is 0 Å². The van der Waals surface area contributed by atoms with Gasteiger partial charge in [0.25, 0.3) is 5.56 Å². The summed E-state index contributed by atoms with van der Waals surface area (Å²) in [5, 5.41) is 1.97. The second kappa shape index (κ2) is 8.72. The fourth-order valence-corrected chi connectivity index (χ4v) is 6.56. The predicted octanol–water partition coefficient (Wildman–Crippen LogP) is 5.41. The van der Waals surface area contributed by atoms with Gasteiger partial charge in [-0.05, 0) is 52.3 Å². The van der Waals surface area contributed by atoms with Gasteiger partial charge in [0.2, 0.25) is 5.91 Å². The number of fused-ring (bicyclic) bond motifs is 2. The van der Waals surface area contributed by atoms with E-state index in [1.165, 1.54) is 34.4 Å². The quantitative estimate of drug-likeness (QED) is 0.277. The summed E-state index contributed by atoms with van der Waals surface area (Å²) in [6.45, 7) is 10.4. The average molecular weight is 473 g/mol. The molecule has 0 aliphatic carbocycles. The van der Waals surface area contributed by atoms with E-state index in [0.29, 0.717) is 22.2 Å². The van der Waals surface area contributed by atoms with Crippen molar-refractivity contribution in [2.75, 3.05) is 17.2 Å². The standard InChI is InChI=1S/C22H24N4O2S3/c1-6-25(21-23-15-9-7-8-10-16(15)31-21)17(27)11-29-22-24-19-18(13(4)14(5)30-19)20(28)26(22)12(2)3/h7-10,12H,6,11H2,1-5H3. The largest absolute Gasteiger partial charge is 0.288 e. The zero-order valence-electron chi connectivity index (χ0n) is 18.1. The Balaban J connectivity index is 1.63. The molecule has 0 saturated carbocycles. The third kappa shape index (κ3) is 4.02. The van der Waals surface area contributed by atoms with Crippen LogP contribution in [0.1, 0.15) is 37.3 Å². The number of benzene rings is 1. The molecule has 31 heavy (non-hydrogen) atoms. The van der Waals surface area contributed by atoms with Gasteiger partial charge in [-0.15, -0.1) is 11.3 Å². The van der Waals surface area contributed by atoms with Gasteiger partial charge in [-0.3, -0.25) is 19.1 Å². The Morgan fingerprint density at radius 1 is 1.19 bits per heavy atom. The first-order valence-electron chi connectivity index (χ1n) is 10.1. The van der Waals surface area contributed by atoms with Crippen LogP contribution in [-0.4, -0.2) is 32.7 Å². The van der Waals surface area contributed by atoms with Gasteiger partial charge < -0.3 is 0 Å². The Morgan fingerprint density at radius 2 is 1.94 bits per heavy atom. The van der Waals surface area contributed by atoms with Crippen LogP contribution in [0.15, 0.2) is 34.2 Å². The molecule has 4 aromatic rings. The minimum absolute atomic E-state index is 0.0321. The third-order valence-electron chi connectivity index (χ3n) is 5.17. The lowest BCUT2D eigenvalue weighted by molar-refractivity contribution is -0.116. The molecule has 9 heteroatoms. The summed E-state index contributed by atoms with van der Waals surface area (Å²) in [5.41, 5.74) is 1.86. The molecular formula is C22H24N4O2S3. The maximum Gasteiger partial charge on any atom is 0.263 e. The molecule has 0 aliphatic rings. The molecule has 0 radical (unpaired) electrons. The van der Waals surface area contributed by atoms with Crippen LogP contribution in [0.5, 0.6) is 0 Å². The molecule has 0 atom stereocenters. The Bertz CT molecular complexity index is 1300. The molecule has 0 fully saturated rings. The summed E-state index contributed by atoms with van der Waals surface area (Å²) in [6.07, 6.45) is 0. The molecule has 0 spiro atoms. The van der Waals surface area contributed by atoms with E-state index in [2.05, 4.69) is 4.98 Å². The highest BCUT2D eigenvalue weighted by atomic mass is 32.2. The van der Waals surface area contributed by atoms with Gasteiger partial charge in [-0.1, -0.05) is 35.2 Å². The molecule has 3 aromatic heterocycles. The summed E-state index contributed by atoms with van der Waals surface area (Å²) in [4.78, 5) is 39.2. The number of thiazole rings is 1. The maximum absolute atomic E-state index is 13.2. The second-order valence-corrected chi connectivity index (χ2v) is 10.7. The van der Waals surface area contributed by atoms with Crippen molar-refractivity contribution in [2.45, 2.75) is 45.8 Å². The molecule has 0 saturated heterocycles. The van der Waals surface area contributed by atoms with E-state index < -0.39 is 0 Å². The lowest BCUT2D eigenvalue weighted by Crippen LogP contribution is -2.32. The number of thioether (sulfide) groups is 1. The van der Waals surface area contributed by atoms with Gasteiger partial charge in [-0.25, -0.2) is 9.97 Å². The van der Waals surface area contributed by atoms with Crippen LogP contribution in [-0.2, 0) is 4.79 Å². The number of carbonyl (C=O) groups is 1. The summed E-state index contributed by atoms with van der Waals surface area (Å²) < 4.78 is 2.76. The predicted molar refractivity (Wildman–Crippen MR) is 132 cm³/mol. The molecular weight excluding hydrogens is 448 g/mol. The zero-order valence-corrected chi connectivity index (χ0v) is 20.6. The van der Waals surface area contributed by atoms with E-state index >= 15 is 0 Å². The van der Waals surface area contributed by atoms with E-state index in [1.807, 2.05) is 58.9 Å². The number of thiophene rings is 1. The number of para-hydroxylation sites is 1. The Labute approximate surface area is 192 Å². The number of rotatable bonds is 6. The Hall–Kier alpha value is -2.23. The first kappa shape index (κ1) is 22.0. The van der Waals surface area contributed by atoms with Crippen molar-refractivity contribution >= 4 is 65.9 Å². The third-order valence-corrected chi connectivity index (χ3v) is 8.27. The van der Waals surface area contributed by atoms with Crippen LogP contribution < -0.4 is 10.5 Å². The average Bonchev–Trinajstić information content (AvgIpc) is 3.27. The van der Waals surface area contributed by atoms with Crippen molar-refractivity contribution < 1.29 is 4.79 Å². The van der Waals surface area contributed by atoms with Crippen molar-refractivity contribution in [3.8, 4) is 0 Å². The number of hydrogen-bond acceptors (Lipinski definition) is 7. The number of aryl methyl sites for hydroxylation is 2. The van der Waals surface area contributed by atoms with Gasteiger partial charge in [0.15, 0.2) is 10.3 Å². The number of amides is 1. The van der Waals surface area contributed by atoms with Crippen molar-refractivity contribution in [1.29, 1.82) is 0 Å². The lowest BCUT2D eigenvalue weighted by atomic mass is 10.2. The number of hydrogen-bond donors (Lipinski definition) is 0. The Morgan fingerprint density at radius 3 is 2.61 bits per heavy atom. The van der Waals surface area contributed by atoms with Crippen LogP contribution >= 0.6 is 34.4 Å². The normalized spacial score (nSPS) is 11.7. The Kier molecular flexibility index (Phi) is 6.18. The SMILES string of the molecule is CCN(C(=O)CSc1nc2sc(C)c(C)c2c(=O)n1C(C)C)c1nc2ccccc2s1. The van der Waals surface area contributed by atoms with Crippen LogP contribution in [0.4, 0.5) is 5.13 Å². The van der Waals surface area contributed by atoms with Crippen LogP contribution in [0, 0.1) is 13.8 Å². The molecule has 0 unspecified atom stereocenters. The second-order valence-electron chi connectivity index (χ2n) is 7.52. The number of aromatic nitrogens is 3. The highest BCUT2D eigenvalue weighted by molar-refractivity contribution is 7.99. The van der Waals surface area contributed by atoms with E-state index in [1.54, 1.807) is 9.47 Å². The molecule has 0 aliphatic heterocycles. The highest BCUT2D eigenvalue weighted by Crippen LogP contribution is 2.31. The van der Waals surface area contributed by atoms with Crippen molar-refractivity contribution in [3.05, 3.63) is 45.1 Å². The van der Waals surface area contributed by atoms with E-state index in [4.69, 9.17) is 4.98 Å². The highest BCUT2D eigenvalue weighted by Gasteiger charge is 2.22. The van der Waals surface area contributed by atoms with E-state index in [9.17, 15) is 9.59 Å². The summed E-state index contributed by atoms with van der Waals surface area (Å²) in [6, 6.07) is 7.83. The summed E-state index contributed by atoms with van der Waals surface area (Å²) >= 11 is 4.36. The first-order valence-corrected chi connectivity index (χ1v) is 12.7. The van der Waals surface area contributed by atoms with Gasteiger partial charge in [0.1, 0.15) is 4.83 Å². The molecule has 3 heterocycles. The summed E-state index contributed by atoms with van der Waals surface area (Å²) in [5.74, 6) is 0.146. The van der Waals surface area contributed by atoms with Crippen molar-refractivity contribution in [1.82, 2.24) is 14.5 Å². The summed E-state index contributed by atoms with van der Waals surface area (Å²) in [7, 11) is 0. The number of nitrogens with zero attached hydrogens (tertiary/aromatic N) is 4. The molecule has 4 rings (SSSR count). The lowest BCUT2D eigenvalue weighted by Gasteiger charge is -2.19. The molecule has 0 N–H and O–H groups in total. The molecule has 0 bridgehead atoms. The molecule has 1 amide bonds. The first-order chi connectivity index (χ1) is 14.8.